The Morgan fingerprint density at radius 1 is 1.20 bits per heavy atom. The Balaban J connectivity index is 2.65. The van der Waals surface area contributed by atoms with E-state index < -0.39 is 6.85 Å². The second-order valence-electron chi connectivity index (χ2n) is 3.41. The zero-order valence-corrected chi connectivity index (χ0v) is 8.40. The number of rotatable bonds is 1. The Labute approximate surface area is 93.0 Å². The topological polar surface area (TPSA) is 22.0 Å². The predicted molar refractivity (Wildman–Crippen MR) is 61.5 cm³/mol. The molecule has 15 heavy (non-hydrogen) atoms. The Morgan fingerprint density at radius 2 is 2.00 bits per heavy atom. The van der Waals surface area contributed by atoms with Crippen LogP contribution in [0, 0.1) is 13.8 Å². The van der Waals surface area contributed by atoms with Gasteiger partial charge in [-0.1, -0.05) is 24.3 Å². The van der Waals surface area contributed by atoms with Gasteiger partial charge in [-0.3, -0.25) is 9.36 Å². The van der Waals surface area contributed by atoms with Crippen molar-refractivity contribution in [3.63, 3.8) is 0 Å². The average Bonchev–Trinajstić information content (AvgIpc) is 2.29. The van der Waals surface area contributed by atoms with Crippen molar-refractivity contribution >= 4 is 0 Å². The number of hydrogen-bond donors (Lipinski definition) is 0. The van der Waals surface area contributed by atoms with Crippen LogP contribution < -0.4 is 5.56 Å². The summed E-state index contributed by atoms with van der Waals surface area (Å²) in [6, 6.07) is 10.00. The third kappa shape index (κ3) is 1.84. The van der Waals surface area contributed by atoms with E-state index in [2.05, 4.69) is 0 Å². The highest BCUT2D eigenvalue weighted by Crippen LogP contribution is 2.11. The van der Waals surface area contributed by atoms with Crippen LogP contribution in [0.4, 0.5) is 0 Å². The molecule has 76 valence electrons. The van der Waals surface area contributed by atoms with E-state index in [0.29, 0.717) is 5.69 Å². The molecule has 0 N–H and O–H groups in total. The molecule has 0 fully saturated rings. The minimum atomic E-state index is -2.21. The molecular formula is C13H13NO. The van der Waals surface area contributed by atoms with Crippen LogP contribution in [0.1, 0.15) is 15.2 Å². The molecule has 0 bridgehead atoms. The summed E-state index contributed by atoms with van der Waals surface area (Å²) >= 11 is 0. The molecule has 2 rings (SSSR count). The molecule has 1 heterocycles. The molecule has 0 radical (unpaired) electrons. The van der Waals surface area contributed by atoms with Gasteiger partial charge in [-0.15, -0.1) is 0 Å². The van der Waals surface area contributed by atoms with Crippen LogP contribution in [0.15, 0.2) is 47.4 Å². The molecule has 2 heteroatoms. The fourth-order valence-electron chi connectivity index (χ4n) is 1.51. The molecule has 2 nitrogen and oxygen atoms in total. The SMILES string of the molecule is [2H]C([2H])([2H])c1ccc(=O)n(-c2ccccc2C)c1. The number of hydrogen-bond acceptors (Lipinski definition) is 1. The zero-order chi connectivity index (χ0) is 13.3. The number of para-hydroxylation sites is 1. The van der Waals surface area contributed by atoms with Gasteiger partial charge in [0.05, 0.1) is 5.69 Å². The van der Waals surface area contributed by atoms with Gasteiger partial charge in [0.1, 0.15) is 0 Å². The van der Waals surface area contributed by atoms with E-state index in [9.17, 15) is 4.79 Å². The van der Waals surface area contributed by atoms with E-state index in [1.54, 1.807) is 6.07 Å². The second-order valence-corrected chi connectivity index (χ2v) is 3.41. The largest absolute Gasteiger partial charge is 0.284 e. The van der Waals surface area contributed by atoms with Crippen LogP contribution in [-0.4, -0.2) is 4.57 Å². The van der Waals surface area contributed by atoms with Gasteiger partial charge in [-0.05, 0) is 31.0 Å². The van der Waals surface area contributed by atoms with Crippen LogP contribution in [0.5, 0.6) is 0 Å². The van der Waals surface area contributed by atoms with E-state index in [-0.39, 0.29) is 11.1 Å². The van der Waals surface area contributed by atoms with Gasteiger partial charge in [-0.2, -0.15) is 0 Å². The van der Waals surface area contributed by atoms with E-state index in [1.807, 2.05) is 25.1 Å². The fraction of sp³-hybridized carbons (Fsp3) is 0.154. The Kier molecular flexibility index (Phi) is 1.65. The monoisotopic (exact) mass is 202 g/mol. The molecule has 0 atom stereocenters. The summed E-state index contributed by atoms with van der Waals surface area (Å²) in [7, 11) is 0. The van der Waals surface area contributed by atoms with E-state index >= 15 is 0 Å². The van der Waals surface area contributed by atoms with E-state index in [0.717, 1.165) is 5.56 Å². The van der Waals surface area contributed by atoms with Gasteiger partial charge in [-0.25, -0.2) is 0 Å². The standard InChI is InChI=1S/C13H13NO/c1-10-7-8-13(15)14(9-10)12-6-4-3-5-11(12)2/h3-9H,1-2H3/i1D3. The van der Waals surface area contributed by atoms with Gasteiger partial charge in [0.25, 0.3) is 5.56 Å². The third-order valence-corrected chi connectivity index (χ3v) is 2.29. The van der Waals surface area contributed by atoms with Crippen molar-refractivity contribution in [3.05, 3.63) is 64.1 Å². The summed E-state index contributed by atoms with van der Waals surface area (Å²) in [6.07, 6.45) is 1.39. The summed E-state index contributed by atoms with van der Waals surface area (Å²) in [5.41, 5.74) is 1.54. The highest BCUT2D eigenvalue weighted by Gasteiger charge is 2.01. The van der Waals surface area contributed by atoms with Crippen LogP contribution >= 0.6 is 0 Å². The van der Waals surface area contributed by atoms with Crippen molar-refractivity contribution in [2.75, 3.05) is 0 Å². The molecule has 1 aromatic carbocycles. The molecular weight excluding hydrogens is 186 g/mol. The molecule has 0 amide bonds. The highest BCUT2D eigenvalue weighted by atomic mass is 16.1. The number of pyridine rings is 1. The Hall–Kier alpha value is -1.83. The van der Waals surface area contributed by atoms with E-state index in [4.69, 9.17) is 4.11 Å². The number of nitrogens with zero attached hydrogens (tertiary/aromatic N) is 1. The maximum atomic E-state index is 11.8. The van der Waals surface area contributed by atoms with Crippen molar-refractivity contribution in [3.8, 4) is 5.69 Å². The quantitative estimate of drug-likeness (QED) is 0.696. The van der Waals surface area contributed by atoms with Crippen LogP contribution in [0.2, 0.25) is 0 Å². The Morgan fingerprint density at radius 3 is 2.73 bits per heavy atom. The second kappa shape index (κ2) is 3.73. The van der Waals surface area contributed by atoms with E-state index in [1.165, 1.54) is 22.9 Å². The van der Waals surface area contributed by atoms with Gasteiger partial charge < -0.3 is 0 Å². The average molecular weight is 202 g/mol. The van der Waals surface area contributed by atoms with Crippen molar-refractivity contribution < 1.29 is 4.11 Å². The molecule has 0 spiro atoms. The minimum absolute atomic E-state index is 0.158. The first kappa shape index (κ1) is 6.62. The Bertz CT molecular complexity index is 629. The molecule has 0 saturated carbocycles. The normalized spacial score (nSPS) is 14.1. The highest BCUT2D eigenvalue weighted by molar-refractivity contribution is 5.40. The first-order valence-corrected chi connectivity index (χ1v) is 4.69. The zero-order valence-electron chi connectivity index (χ0n) is 11.4. The van der Waals surface area contributed by atoms with Crippen molar-refractivity contribution in [1.82, 2.24) is 4.57 Å². The summed E-state index contributed by atoms with van der Waals surface area (Å²) in [6.45, 7) is -0.331. The minimum Gasteiger partial charge on any atom is -0.284 e. The summed E-state index contributed by atoms with van der Waals surface area (Å²) < 4.78 is 23.5. The molecule has 1 aromatic heterocycles. The molecule has 0 aliphatic rings. The van der Waals surface area contributed by atoms with Crippen molar-refractivity contribution in [2.24, 2.45) is 0 Å². The lowest BCUT2D eigenvalue weighted by atomic mass is 10.2. The van der Waals surface area contributed by atoms with Crippen molar-refractivity contribution in [2.45, 2.75) is 13.8 Å². The first-order chi connectivity index (χ1) is 8.39. The van der Waals surface area contributed by atoms with Crippen LogP contribution in [-0.2, 0) is 0 Å². The maximum absolute atomic E-state index is 11.8. The lowest BCUT2D eigenvalue weighted by Gasteiger charge is -2.08. The smallest absolute Gasteiger partial charge is 0.255 e. The molecule has 0 unspecified atom stereocenters. The van der Waals surface area contributed by atoms with Gasteiger partial charge in [0.15, 0.2) is 0 Å². The first-order valence-electron chi connectivity index (χ1n) is 6.19. The van der Waals surface area contributed by atoms with Gasteiger partial charge in [0.2, 0.25) is 0 Å². The fourth-order valence-corrected chi connectivity index (χ4v) is 1.51. The van der Waals surface area contributed by atoms with Crippen LogP contribution in [0.25, 0.3) is 5.69 Å². The maximum Gasteiger partial charge on any atom is 0.255 e. The predicted octanol–water partition coefficient (Wildman–Crippen LogP) is 2.45. The van der Waals surface area contributed by atoms with Crippen molar-refractivity contribution in [1.29, 1.82) is 0 Å². The lowest BCUT2D eigenvalue weighted by molar-refractivity contribution is 0.965. The number of aromatic nitrogens is 1. The van der Waals surface area contributed by atoms with Gasteiger partial charge in [0, 0.05) is 16.4 Å². The molecule has 0 aliphatic carbocycles. The number of benzene rings is 1. The lowest BCUT2D eigenvalue weighted by Crippen LogP contribution is -2.17. The molecule has 2 aromatic rings. The molecule has 0 aliphatic heterocycles. The van der Waals surface area contributed by atoms with Gasteiger partial charge >= 0.3 is 0 Å². The number of aryl methyl sites for hydroxylation is 2. The summed E-state index contributed by atoms with van der Waals surface area (Å²) in [5, 5.41) is 0. The van der Waals surface area contributed by atoms with Crippen LogP contribution in [0.3, 0.4) is 0 Å². The third-order valence-electron chi connectivity index (χ3n) is 2.29. The molecule has 0 saturated heterocycles. The summed E-state index contributed by atoms with van der Waals surface area (Å²) in [4.78, 5) is 11.8. The summed E-state index contributed by atoms with van der Waals surface area (Å²) in [5.74, 6) is 0.